The van der Waals surface area contributed by atoms with Crippen LogP contribution in [-0.2, 0) is 9.59 Å². The van der Waals surface area contributed by atoms with E-state index in [1.807, 2.05) is 42.5 Å². The van der Waals surface area contributed by atoms with E-state index in [4.69, 9.17) is 0 Å². The SMILES string of the molecule is CN1CC(=O)N[C@@H](c2ccc3ccccc3c2)C1=O. The maximum Gasteiger partial charge on any atom is 0.250 e. The molecule has 2 aromatic rings. The number of hydrogen-bond donors (Lipinski definition) is 1. The molecule has 0 aromatic heterocycles. The fourth-order valence-electron chi connectivity index (χ4n) is 2.40. The van der Waals surface area contributed by atoms with Crippen molar-refractivity contribution in [3.05, 3.63) is 48.0 Å². The minimum absolute atomic E-state index is 0.0742. The van der Waals surface area contributed by atoms with Crippen molar-refractivity contribution in [2.75, 3.05) is 13.6 Å². The number of carbonyl (C=O) groups excluding carboxylic acids is 2. The van der Waals surface area contributed by atoms with Gasteiger partial charge in [0.15, 0.2) is 0 Å². The number of rotatable bonds is 1. The van der Waals surface area contributed by atoms with Gasteiger partial charge in [0.2, 0.25) is 11.8 Å². The lowest BCUT2D eigenvalue weighted by molar-refractivity contribution is -0.143. The van der Waals surface area contributed by atoms with Gasteiger partial charge in [-0.2, -0.15) is 0 Å². The summed E-state index contributed by atoms with van der Waals surface area (Å²) in [7, 11) is 1.65. The number of fused-ring (bicyclic) bond motifs is 1. The monoisotopic (exact) mass is 254 g/mol. The van der Waals surface area contributed by atoms with Crippen LogP contribution < -0.4 is 5.32 Å². The highest BCUT2D eigenvalue weighted by Gasteiger charge is 2.31. The number of hydrogen-bond acceptors (Lipinski definition) is 2. The second kappa shape index (κ2) is 4.39. The van der Waals surface area contributed by atoms with E-state index in [2.05, 4.69) is 5.32 Å². The van der Waals surface area contributed by atoms with Crippen molar-refractivity contribution in [1.29, 1.82) is 0 Å². The molecule has 1 aliphatic heterocycles. The third-order valence-corrected chi connectivity index (χ3v) is 3.42. The second-order valence-electron chi connectivity index (χ2n) is 4.80. The summed E-state index contributed by atoms with van der Waals surface area (Å²) in [5.41, 5.74) is 0.823. The van der Waals surface area contributed by atoms with Gasteiger partial charge >= 0.3 is 0 Å². The molecule has 4 heteroatoms. The van der Waals surface area contributed by atoms with Crippen LogP contribution in [0.2, 0.25) is 0 Å². The summed E-state index contributed by atoms with van der Waals surface area (Å²) in [6.07, 6.45) is 0. The van der Waals surface area contributed by atoms with E-state index in [9.17, 15) is 9.59 Å². The van der Waals surface area contributed by atoms with Gasteiger partial charge in [-0.1, -0.05) is 36.4 Å². The van der Waals surface area contributed by atoms with E-state index >= 15 is 0 Å². The Hall–Kier alpha value is -2.36. The quantitative estimate of drug-likeness (QED) is 0.837. The zero-order valence-corrected chi connectivity index (χ0v) is 10.6. The van der Waals surface area contributed by atoms with Crippen LogP contribution >= 0.6 is 0 Å². The van der Waals surface area contributed by atoms with Crippen molar-refractivity contribution >= 4 is 22.6 Å². The van der Waals surface area contributed by atoms with Crippen molar-refractivity contribution < 1.29 is 9.59 Å². The Morgan fingerprint density at radius 3 is 2.63 bits per heavy atom. The third-order valence-electron chi connectivity index (χ3n) is 3.42. The highest BCUT2D eigenvalue weighted by molar-refractivity contribution is 5.96. The van der Waals surface area contributed by atoms with Crippen LogP contribution in [0.4, 0.5) is 0 Å². The first-order valence-electron chi connectivity index (χ1n) is 6.18. The lowest BCUT2D eigenvalue weighted by Gasteiger charge is -2.30. The Morgan fingerprint density at radius 2 is 1.84 bits per heavy atom. The lowest BCUT2D eigenvalue weighted by Crippen LogP contribution is -2.51. The fourth-order valence-corrected chi connectivity index (χ4v) is 2.40. The first kappa shape index (κ1) is 11.7. The first-order chi connectivity index (χ1) is 9.15. The van der Waals surface area contributed by atoms with E-state index in [1.54, 1.807) is 7.05 Å². The minimum Gasteiger partial charge on any atom is -0.339 e. The number of piperazine rings is 1. The van der Waals surface area contributed by atoms with Crippen LogP contribution in [0.3, 0.4) is 0 Å². The molecule has 1 saturated heterocycles. The number of nitrogens with one attached hydrogen (secondary N) is 1. The van der Waals surface area contributed by atoms with Crippen molar-refractivity contribution in [3.8, 4) is 0 Å². The average molecular weight is 254 g/mol. The molecule has 2 aromatic carbocycles. The predicted molar refractivity (Wildman–Crippen MR) is 72.5 cm³/mol. The van der Waals surface area contributed by atoms with Crippen LogP contribution in [0.15, 0.2) is 42.5 Å². The summed E-state index contributed by atoms with van der Waals surface area (Å²) < 4.78 is 0. The van der Waals surface area contributed by atoms with E-state index in [1.165, 1.54) is 4.90 Å². The van der Waals surface area contributed by atoms with Gasteiger partial charge in [-0.3, -0.25) is 9.59 Å². The predicted octanol–water partition coefficient (Wildman–Crippen LogP) is 1.47. The molecule has 96 valence electrons. The van der Waals surface area contributed by atoms with Gasteiger partial charge in [0.1, 0.15) is 6.04 Å². The molecule has 0 saturated carbocycles. The number of carbonyl (C=O) groups is 2. The zero-order valence-electron chi connectivity index (χ0n) is 10.6. The molecule has 0 bridgehead atoms. The van der Waals surface area contributed by atoms with Crippen LogP contribution in [0.1, 0.15) is 11.6 Å². The van der Waals surface area contributed by atoms with E-state index in [0.29, 0.717) is 0 Å². The lowest BCUT2D eigenvalue weighted by atomic mass is 10.00. The van der Waals surface area contributed by atoms with Gasteiger partial charge in [0, 0.05) is 7.05 Å². The molecule has 19 heavy (non-hydrogen) atoms. The third kappa shape index (κ3) is 2.05. The van der Waals surface area contributed by atoms with E-state index in [0.717, 1.165) is 16.3 Å². The molecule has 2 amide bonds. The number of benzene rings is 2. The highest BCUT2D eigenvalue weighted by atomic mass is 16.2. The van der Waals surface area contributed by atoms with Gasteiger partial charge in [0.05, 0.1) is 6.54 Å². The second-order valence-corrected chi connectivity index (χ2v) is 4.80. The molecule has 3 rings (SSSR count). The molecule has 1 atom stereocenters. The molecular weight excluding hydrogens is 240 g/mol. The molecule has 1 N–H and O–H groups in total. The Balaban J connectivity index is 2.03. The molecule has 1 heterocycles. The number of likely N-dealkylation sites (N-methyl/N-ethyl adjacent to an activating group) is 1. The van der Waals surface area contributed by atoms with Gasteiger partial charge in [-0.15, -0.1) is 0 Å². The summed E-state index contributed by atoms with van der Waals surface area (Å²) in [6, 6.07) is 13.2. The van der Waals surface area contributed by atoms with Crippen molar-refractivity contribution in [3.63, 3.8) is 0 Å². The highest BCUT2D eigenvalue weighted by Crippen LogP contribution is 2.23. The summed E-state index contributed by atoms with van der Waals surface area (Å²) in [5, 5.41) is 4.93. The Kier molecular flexibility index (Phi) is 2.71. The van der Waals surface area contributed by atoms with Crippen LogP contribution in [0, 0.1) is 0 Å². The standard InChI is InChI=1S/C15H14N2O2/c1-17-9-13(18)16-14(15(17)19)12-7-6-10-4-2-3-5-11(10)8-12/h2-8,14H,9H2,1H3,(H,16,18)/t14-/m0/s1. The smallest absolute Gasteiger partial charge is 0.250 e. The molecule has 1 fully saturated rings. The van der Waals surface area contributed by atoms with Gasteiger partial charge in [-0.25, -0.2) is 0 Å². The van der Waals surface area contributed by atoms with Gasteiger partial charge < -0.3 is 10.2 Å². The van der Waals surface area contributed by atoms with Crippen molar-refractivity contribution in [2.45, 2.75) is 6.04 Å². The van der Waals surface area contributed by atoms with Gasteiger partial charge in [-0.05, 0) is 22.4 Å². The summed E-state index contributed by atoms with van der Waals surface area (Å²) in [4.78, 5) is 25.1. The molecule has 0 aliphatic carbocycles. The number of amides is 2. The van der Waals surface area contributed by atoms with Crippen LogP contribution in [0.25, 0.3) is 10.8 Å². The zero-order chi connectivity index (χ0) is 13.4. The maximum atomic E-state index is 12.1. The van der Waals surface area contributed by atoms with E-state index < -0.39 is 6.04 Å². The maximum absolute atomic E-state index is 12.1. The summed E-state index contributed by atoms with van der Waals surface area (Å²) in [6.45, 7) is 0.128. The van der Waals surface area contributed by atoms with Crippen molar-refractivity contribution in [2.24, 2.45) is 0 Å². The van der Waals surface area contributed by atoms with Crippen molar-refractivity contribution in [1.82, 2.24) is 10.2 Å². The normalized spacial score (nSPS) is 19.6. The Morgan fingerprint density at radius 1 is 1.11 bits per heavy atom. The molecule has 1 aliphatic rings. The first-order valence-corrected chi connectivity index (χ1v) is 6.18. The van der Waals surface area contributed by atoms with Crippen LogP contribution in [-0.4, -0.2) is 30.3 Å². The van der Waals surface area contributed by atoms with Crippen LogP contribution in [0.5, 0.6) is 0 Å². The molecular formula is C15H14N2O2. The molecule has 0 spiro atoms. The Bertz CT molecular complexity index is 666. The molecule has 0 unspecified atom stereocenters. The summed E-state index contributed by atoms with van der Waals surface area (Å²) in [5.74, 6) is -0.199. The topological polar surface area (TPSA) is 49.4 Å². The molecule has 4 nitrogen and oxygen atoms in total. The van der Waals surface area contributed by atoms with Gasteiger partial charge in [0.25, 0.3) is 0 Å². The number of nitrogens with zero attached hydrogens (tertiary/aromatic N) is 1. The van der Waals surface area contributed by atoms with E-state index in [-0.39, 0.29) is 18.4 Å². The fraction of sp³-hybridized carbons (Fsp3) is 0.200. The minimum atomic E-state index is -0.573. The molecule has 0 radical (unpaired) electrons. The average Bonchev–Trinajstić information content (AvgIpc) is 2.42. The Labute approximate surface area is 111 Å². The summed E-state index contributed by atoms with van der Waals surface area (Å²) >= 11 is 0. The largest absolute Gasteiger partial charge is 0.339 e.